The number of halogens is 1. The first-order valence-electron chi connectivity index (χ1n) is 8.28. The third-order valence-electron chi connectivity index (χ3n) is 4.02. The van der Waals surface area contributed by atoms with Gasteiger partial charge in [-0.2, -0.15) is 0 Å². The number of unbranched alkanes of at least 4 members (excludes halogenated alkanes) is 1. The van der Waals surface area contributed by atoms with Crippen LogP contribution in [-0.2, 0) is 17.9 Å². The molecule has 0 bridgehead atoms. The first-order valence-corrected chi connectivity index (χ1v) is 9.16. The molecule has 1 amide bonds. The van der Waals surface area contributed by atoms with Crippen LogP contribution in [0.5, 0.6) is 0 Å². The van der Waals surface area contributed by atoms with Crippen molar-refractivity contribution in [1.82, 2.24) is 9.13 Å². The summed E-state index contributed by atoms with van der Waals surface area (Å²) < 4.78 is 16.6. The Balaban J connectivity index is 1.98. The van der Waals surface area contributed by atoms with E-state index in [1.165, 1.54) is 38.7 Å². The molecule has 0 aliphatic heterocycles. The van der Waals surface area contributed by atoms with E-state index in [1.807, 2.05) is 6.92 Å². The van der Waals surface area contributed by atoms with E-state index in [0.29, 0.717) is 23.2 Å². The van der Waals surface area contributed by atoms with Crippen molar-refractivity contribution in [2.24, 2.45) is 0 Å². The average Bonchev–Trinajstić information content (AvgIpc) is 3.10. The van der Waals surface area contributed by atoms with Crippen LogP contribution in [0.1, 0.15) is 19.8 Å². The van der Waals surface area contributed by atoms with Crippen LogP contribution in [0.15, 0.2) is 45.3 Å². The second-order valence-electron chi connectivity index (χ2n) is 5.84. The summed E-state index contributed by atoms with van der Waals surface area (Å²) in [6.45, 7) is 1.97. The molecule has 136 valence electrons. The van der Waals surface area contributed by atoms with Gasteiger partial charge in [0.1, 0.15) is 17.1 Å². The Kier molecular flexibility index (Phi) is 5.32. The number of fused-ring (bicyclic) bond motifs is 1. The van der Waals surface area contributed by atoms with Gasteiger partial charge in [0.15, 0.2) is 0 Å². The van der Waals surface area contributed by atoms with E-state index >= 15 is 0 Å². The molecule has 0 aliphatic rings. The van der Waals surface area contributed by atoms with Crippen molar-refractivity contribution in [3.8, 4) is 0 Å². The van der Waals surface area contributed by atoms with Crippen molar-refractivity contribution in [3.63, 3.8) is 0 Å². The fraction of sp³-hybridized carbons (Fsp3) is 0.278. The smallest absolute Gasteiger partial charge is 0.322 e. The Morgan fingerprint density at radius 1 is 1.19 bits per heavy atom. The number of benzene rings is 1. The molecule has 0 aliphatic carbocycles. The van der Waals surface area contributed by atoms with Crippen LogP contribution >= 0.6 is 11.3 Å². The van der Waals surface area contributed by atoms with Crippen LogP contribution in [0.2, 0.25) is 0 Å². The lowest BCUT2D eigenvalue weighted by Crippen LogP contribution is -2.41. The van der Waals surface area contributed by atoms with Crippen molar-refractivity contribution in [1.29, 1.82) is 0 Å². The molecule has 1 aromatic carbocycles. The highest BCUT2D eigenvalue weighted by molar-refractivity contribution is 7.17. The number of rotatable bonds is 6. The van der Waals surface area contributed by atoms with Crippen LogP contribution in [0.3, 0.4) is 0 Å². The molecule has 0 atom stereocenters. The minimum Gasteiger partial charge on any atom is -0.322 e. The van der Waals surface area contributed by atoms with E-state index in [2.05, 4.69) is 5.32 Å². The number of hydrogen-bond donors (Lipinski definition) is 1. The number of amides is 1. The molecule has 0 unspecified atom stereocenters. The molecule has 26 heavy (non-hydrogen) atoms. The third kappa shape index (κ3) is 3.45. The quantitative estimate of drug-likeness (QED) is 0.720. The maximum atomic E-state index is 13.7. The minimum atomic E-state index is -0.554. The van der Waals surface area contributed by atoms with E-state index in [9.17, 15) is 18.8 Å². The second-order valence-corrected chi connectivity index (χ2v) is 6.76. The number of carbonyl (C=O) groups excluding carboxylic acids is 1. The highest BCUT2D eigenvalue weighted by Crippen LogP contribution is 2.16. The molecule has 3 aromatic rings. The predicted octanol–water partition coefficient (Wildman–Crippen LogP) is 2.80. The molecule has 1 N–H and O–H groups in total. The number of nitrogens with zero attached hydrogens (tertiary/aromatic N) is 2. The first kappa shape index (κ1) is 18.1. The summed E-state index contributed by atoms with van der Waals surface area (Å²) in [4.78, 5) is 37.6. The standard InChI is InChI=1S/C18H18FN3O3S/c1-2-3-9-21-17(24)16-14(8-10-26-16)22(18(21)25)11-15(23)20-13-7-5-4-6-12(13)19/h4-8,10H,2-3,9,11H2,1H3,(H,20,23). The van der Waals surface area contributed by atoms with Gasteiger partial charge in [0, 0.05) is 6.54 Å². The Morgan fingerprint density at radius 2 is 1.96 bits per heavy atom. The van der Waals surface area contributed by atoms with Gasteiger partial charge in [-0.3, -0.25) is 18.7 Å². The molecular weight excluding hydrogens is 357 g/mol. The molecule has 0 spiro atoms. The summed E-state index contributed by atoms with van der Waals surface area (Å²) in [5.74, 6) is -1.09. The number of aromatic nitrogens is 2. The molecule has 6 nitrogen and oxygen atoms in total. The average molecular weight is 375 g/mol. The van der Waals surface area contributed by atoms with Gasteiger partial charge in [-0.15, -0.1) is 11.3 Å². The number of nitrogens with one attached hydrogen (secondary N) is 1. The lowest BCUT2D eigenvalue weighted by Gasteiger charge is -2.12. The number of hydrogen-bond acceptors (Lipinski definition) is 4. The van der Waals surface area contributed by atoms with Gasteiger partial charge in [0.05, 0.1) is 11.2 Å². The van der Waals surface area contributed by atoms with Crippen LogP contribution < -0.4 is 16.6 Å². The summed E-state index contributed by atoms with van der Waals surface area (Å²) in [5, 5.41) is 4.17. The van der Waals surface area contributed by atoms with Crippen molar-refractivity contribution in [2.45, 2.75) is 32.9 Å². The lowest BCUT2D eigenvalue weighted by molar-refractivity contribution is -0.116. The molecular formula is C18H18FN3O3S. The van der Waals surface area contributed by atoms with Crippen molar-refractivity contribution in [2.75, 3.05) is 5.32 Å². The molecule has 0 radical (unpaired) electrons. The zero-order valence-electron chi connectivity index (χ0n) is 14.2. The van der Waals surface area contributed by atoms with E-state index in [-0.39, 0.29) is 17.8 Å². The van der Waals surface area contributed by atoms with Crippen LogP contribution in [-0.4, -0.2) is 15.0 Å². The second kappa shape index (κ2) is 7.65. The number of thiophene rings is 1. The molecule has 0 saturated heterocycles. The topological polar surface area (TPSA) is 73.1 Å². The van der Waals surface area contributed by atoms with Crippen molar-refractivity contribution < 1.29 is 9.18 Å². The Labute approximate surface area is 152 Å². The van der Waals surface area contributed by atoms with Crippen LogP contribution in [0, 0.1) is 5.82 Å². The van der Waals surface area contributed by atoms with E-state index < -0.39 is 17.4 Å². The summed E-state index contributed by atoms with van der Waals surface area (Å²) >= 11 is 1.23. The summed E-state index contributed by atoms with van der Waals surface area (Å²) in [7, 11) is 0. The maximum absolute atomic E-state index is 13.7. The lowest BCUT2D eigenvalue weighted by atomic mass is 10.3. The van der Waals surface area contributed by atoms with Gasteiger partial charge in [-0.25, -0.2) is 9.18 Å². The number of carbonyl (C=O) groups is 1. The van der Waals surface area contributed by atoms with E-state index in [0.717, 1.165) is 6.42 Å². The zero-order valence-corrected chi connectivity index (χ0v) is 15.0. The van der Waals surface area contributed by atoms with Gasteiger partial charge in [-0.1, -0.05) is 25.5 Å². The summed E-state index contributed by atoms with van der Waals surface area (Å²) in [5.41, 5.74) is -0.398. The highest BCUT2D eigenvalue weighted by Gasteiger charge is 2.16. The molecule has 2 heterocycles. The molecule has 2 aromatic heterocycles. The fourth-order valence-corrected chi connectivity index (χ4v) is 3.54. The molecule has 8 heteroatoms. The van der Waals surface area contributed by atoms with Crippen LogP contribution in [0.25, 0.3) is 10.2 Å². The minimum absolute atomic E-state index is 0.0476. The largest absolute Gasteiger partial charge is 0.332 e. The van der Waals surface area contributed by atoms with Gasteiger partial charge in [0.25, 0.3) is 5.56 Å². The van der Waals surface area contributed by atoms with Gasteiger partial charge in [0.2, 0.25) is 5.91 Å². The number of anilines is 1. The molecule has 3 rings (SSSR count). The first-order chi connectivity index (χ1) is 12.5. The summed E-state index contributed by atoms with van der Waals surface area (Å²) in [6.07, 6.45) is 1.52. The highest BCUT2D eigenvalue weighted by atomic mass is 32.1. The normalized spacial score (nSPS) is 11.0. The van der Waals surface area contributed by atoms with Crippen molar-refractivity contribution >= 4 is 33.1 Å². The van der Waals surface area contributed by atoms with Gasteiger partial charge < -0.3 is 5.32 Å². The zero-order chi connectivity index (χ0) is 18.7. The Bertz CT molecular complexity index is 1070. The van der Waals surface area contributed by atoms with Gasteiger partial charge >= 0.3 is 5.69 Å². The monoisotopic (exact) mass is 375 g/mol. The number of para-hydroxylation sites is 1. The van der Waals surface area contributed by atoms with Crippen molar-refractivity contribution in [3.05, 3.63) is 62.4 Å². The fourth-order valence-electron chi connectivity index (χ4n) is 2.70. The van der Waals surface area contributed by atoms with Gasteiger partial charge in [-0.05, 0) is 30.0 Å². The molecule has 0 saturated carbocycles. The molecule has 0 fully saturated rings. The summed E-state index contributed by atoms with van der Waals surface area (Å²) in [6, 6.07) is 7.45. The van der Waals surface area contributed by atoms with E-state index in [4.69, 9.17) is 0 Å². The Morgan fingerprint density at radius 3 is 2.69 bits per heavy atom. The van der Waals surface area contributed by atoms with Crippen LogP contribution in [0.4, 0.5) is 10.1 Å². The van der Waals surface area contributed by atoms with E-state index in [1.54, 1.807) is 17.5 Å². The third-order valence-corrected chi connectivity index (χ3v) is 4.91. The SMILES string of the molecule is CCCCn1c(=O)c2sccc2n(CC(=O)Nc2ccccc2F)c1=O. The maximum Gasteiger partial charge on any atom is 0.332 e. The predicted molar refractivity (Wildman–Crippen MR) is 100 cm³/mol. The Hall–Kier alpha value is -2.74.